The van der Waals surface area contributed by atoms with Crippen molar-refractivity contribution in [1.29, 1.82) is 0 Å². The molecule has 1 heteroatoms. The quantitative estimate of drug-likeness (QED) is 0.383. The van der Waals surface area contributed by atoms with E-state index in [1.54, 1.807) is 21.9 Å². The van der Waals surface area contributed by atoms with Crippen LogP contribution >= 0.6 is 7.92 Å². The van der Waals surface area contributed by atoms with Crippen LogP contribution in [0.5, 0.6) is 0 Å². The summed E-state index contributed by atoms with van der Waals surface area (Å²) in [7, 11) is 0.0159. The summed E-state index contributed by atoms with van der Waals surface area (Å²) >= 11 is 0. The highest BCUT2D eigenvalue weighted by atomic mass is 31.1. The first-order valence-corrected chi connectivity index (χ1v) is 15.6. The van der Waals surface area contributed by atoms with Crippen LogP contribution in [0.2, 0.25) is 0 Å². The van der Waals surface area contributed by atoms with Crippen molar-refractivity contribution in [2.24, 2.45) is 17.3 Å². The Balaban J connectivity index is 1.53. The third kappa shape index (κ3) is 3.86. The van der Waals surface area contributed by atoms with Gasteiger partial charge in [0.05, 0.1) is 0 Å². The monoisotopic (exact) mass is 456 g/mol. The summed E-state index contributed by atoms with van der Waals surface area (Å²) in [6.07, 6.45) is 32.9. The van der Waals surface area contributed by atoms with Crippen molar-refractivity contribution in [2.45, 2.75) is 89.4 Å². The van der Waals surface area contributed by atoms with Gasteiger partial charge >= 0.3 is 0 Å². The molecule has 3 unspecified atom stereocenters. The lowest BCUT2D eigenvalue weighted by Gasteiger charge is -2.50. The molecular weight excluding hydrogens is 415 g/mol. The van der Waals surface area contributed by atoms with E-state index in [0.29, 0.717) is 23.2 Å². The average molecular weight is 457 g/mol. The van der Waals surface area contributed by atoms with Gasteiger partial charge in [-0.2, -0.15) is 0 Å². The highest BCUT2D eigenvalue weighted by Gasteiger charge is 2.50. The molecule has 0 nitrogen and oxygen atoms in total. The predicted octanol–water partition coefficient (Wildman–Crippen LogP) is 7.56. The standard InChI is InChI=1S/C32H41P/c1-23-20-25-13-9-11-17-29(25)31-30-26(19-18-24-12-8-10-16-28(24)30)21-33(22-32(23,31)2)27-14-6-4-3-5-7-15-27/h9,11-13,16-20,23,27,29,31H,3-8,10,14-15,21-22H2,1-2H3/t23-,29?,31?,32+,33?/m1/s1. The fourth-order valence-corrected chi connectivity index (χ4v) is 11.6. The molecule has 6 rings (SSSR count). The molecule has 5 atom stereocenters. The summed E-state index contributed by atoms with van der Waals surface area (Å²) in [5.41, 5.74) is 6.38. The first-order chi connectivity index (χ1) is 16.1. The number of fused-ring (bicyclic) bond motifs is 7. The predicted molar refractivity (Wildman–Crippen MR) is 145 cm³/mol. The Morgan fingerprint density at radius 1 is 0.939 bits per heavy atom. The fraction of sp³-hybridized carbons (Fsp3) is 0.562. The van der Waals surface area contributed by atoms with Gasteiger partial charge in [-0.05, 0) is 82.1 Å². The van der Waals surface area contributed by atoms with Crippen molar-refractivity contribution < 1.29 is 0 Å². The molecule has 1 fully saturated rings. The van der Waals surface area contributed by atoms with Crippen molar-refractivity contribution in [1.82, 2.24) is 0 Å². The minimum atomic E-state index is 0.0159. The molecule has 4 aliphatic carbocycles. The Kier molecular flexibility index (Phi) is 6.03. The second kappa shape index (κ2) is 9.00. The van der Waals surface area contributed by atoms with Gasteiger partial charge in [-0.25, -0.2) is 0 Å². The lowest BCUT2D eigenvalue weighted by molar-refractivity contribution is 0.179. The maximum Gasteiger partial charge on any atom is 0.00926 e. The molecule has 1 aromatic rings. The van der Waals surface area contributed by atoms with Gasteiger partial charge in [0.2, 0.25) is 0 Å². The van der Waals surface area contributed by atoms with E-state index in [9.17, 15) is 0 Å². The third-order valence-electron chi connectivity index (χ3n) is 9.77. The van der Waals surface area contributed by atoms with E-state index in [2.05, 4.69) is 68.5 Å². The van der Waals surface area contributed by atoms with Crippen LogP contribution in [0.25, 0.3) is 12.2 Å². The first-order valence-electron chi connectivity index (χ1n) is 13.8. The van der Waals surface area contributed by atoms with E-state index >= 15 is 0 Å². The lowest BCUT2D eigenvalue weighted by atomic mass is 9.56. The van der Waals surface area contributed by atoms with E-state index in [1.807, 2.05) is 0 Å². The number of benzene rings is 1. The van der Waals surface area contributed by atoms with E-state index in [0.717, 1.165) is 5.66 Å². The number of rotatable bonds is 1. The van der Waals surface area contributed by atoms with Crippen molar-refractivity contribution in [2.75, 3.05) is 6.16 Å². The van der Waals surface area contributed by atoms with Crippen LogP contribution in [0, 0.1) is 17.3 Å². The molecule has 0 aromatic heterocycles. The molecule has 33 heavy (non-hydrogen) atoms. The Morgan fingerprint density at radius 3 is 2.58 bits per heavy atom. The van der Waals surface area contributed by atoms with Gasteiger partial charge in [0.25, 0.3) is 0 Å². The van der Waals surface area contributed by atoms with Gasteiger partial charge < -0.3 is 0 Å². The Bertz CT molecular complexity index is 1110. The summed E-state index contributed by atoms with van der Waals surface area (Å²) in [6.45, 7) is 5.24. The summed E-state index contributed by atoms with van der Waals surface area (Å²) in [5, 5.41) is 3.12. The Hall–Kier alpha value is -1.39. The van der Waals surface area contributed by atoms with E-state index < -0.39 is 0 Å². The maximum absolute atomic E-state index is 2.70. The van der Waals surface area contributed by atoms with Crippen LogP contribution < -0.4 is 10.4 Å². The molecule has 0 bridgehead atoms. The van der Waals surface area contributed by atoms with Crippen LogP contribution in [0.15, 0.2) is 48.1 Å². The van der Waals surface area contributed by atoms with Crippen LogP contribution in [-0.2, 0) is 6.16 Å². The van der Waals surface area contributed by atoms with Gasteiger partial charge in [0, 0.05) is 11.8 Å². The van der Waals surface area contributed by atoms with Gasteiger partial charge in [-0.3, -0.25) is 0 Å². The van der Waals surface area contributed by atoms with Gasteiger partial charge in [-0.15, -0.1) is 0 Å². The molecule has 0 radical (unpaired) electrons. The summed E-state index contributed by atoms with van der Waals surface area (Å²) in [5.74, 6) is 1.80. The average Bonchev–Trinajstić information content (AvgIpc) is 2.94. The van der Waals surface area contributed by atoms with Crippen LogP contribution in [0.4, 0.5) is 0 Å². The molecular formula is C32H41P. The largest absolute Gasteiger partial charge is 0.0984 e. The zero-order chi connectivity index (χ0) is 22.4. The molecule has 0 amide bonds. The highest BCUT2D eigenvalue weighted by Crippen LogP contribution is 2.64. The molecule has 0 saturated heterocycles. The van der Waals surface area contributed by atoms with E-state index in [1.165, 1.54) is 75.3 Å². The zero-order valence-corrected chi connectivity index (χ0v) is 21.6. The second-order valence-electron chi connectivity index (χ2n) is 11.7. The molecule has 174 valence electrons. The first kappa shape index (κ1) is 22.1. The van der Waals surface area contributed by atoms with Crippen molar-refractivity contribution in [3.8, 4) is 0 Å². The lowest BCUT2D eigenvalue weighted by Crippen LogP contribution is -2.45. The molecule has 1 heterocycles. The minimum absolute atomic E-state index is 0.0159. The van der Waals surface area contributed by atoms with E-state index in [4.69, 9.17) is 0 Å². The summed E-state index contributed by atoms with van der Waals surface area (Å²) < 4.78 is 0. The van der Waals surface area contributed by atoms with Crippen molar-refractivity contribution in [3.05, 3.63) is 69.7 Å². The van der Waals surface area contributed by atoms with Crippen molar-refractivity contribution >= 4 is 20.1 Å². The Labute approximate surface area is 202 Å². The van der Waals surface area contributed by atoms with E-state index in [-0.39, 0.29) is 7.92 Å². The number of allylic oxidation sites excluding steroid dienone is 6. The second-order valence-corrected chi connectivity index (χ2v) is 14.3. The fourth-order valence-electron chi connectivity index (χ4n) is 7.81. The van der Waals surface area contributed by atoms with Crippen LogP contribution in [0.3, 0.4) is 0 Å². The molecule has 1 saturated carbocycles. The molecule has 0 spiro atoms. The summed E-state index contributed by atoms with van der Waals surface area (Å²) in [6, 6.07) is 5.04. The number of hydrogen-bond acceptors (Lipinski definition) is 0. The topological polar surface area (TPSA) is 0 Å². The SMILES string of the molecule is C[C@@H]1C=C2C=CC=CC2C2c3c(ccc4c3=CCCC=4)CP(C3CCCCCCC3)C[C@]21C. The maximum atomic E-state index is 2.70. The molecule has 1 aliphatic heterocycles. The third-order valence-corrected chi connectivity index (χ3v) is 13.1. The normalized spacial score (nSPS) is 35.9. The van der Waals surface area contributed by atoms with Gasteiger partial charge in [-0.1, -0.05) is 109 Å². The summed E-state index contributed by atoms with van der Waals surface area (Å²) in [4.78, 5) is 0. The highest BCUT2D eigenvalue weighted by molar-refractivity contribution is 7.57. The zero-order valence-electron chi connectivity index (χ0n) is 20.7. The number of hydrogen-bond donors (Lipinski definition) is 0. The molecule has 5 aliphatic rings. The smallest absolute Gasteiger partial charge is 0.00926 e. The Morgan fingerprint density at radius 2 is 1.73 bits per heavy atom. The minimum Gasteiger partial charge on any atom is -0.0984 e. The van der Waals surface area contributed by atoms with Crippen LogP contribution in [-0.4, -0.2) is 11.8 Å². The van der Waals surface area contributed by atoms with Gasteiger partial charge in [0.1, 0.15) is 0 Å². The van der Waals surface area contributed by atoms with Crippen LogP contribution in [0.1, 0.15) is 88.7 Å². The molecule has 0 N–H and O–H groups in total. The molecule has 1 aromatic carbocycles. The van der Waals surface area contributed by atoms with Gasteiger partial charge in [0.15, 0.2) is 0 Å². The van der Waals surface area contributed by atoms with Crippen molar-refractivity contribution in [3.63, 3.8) is 0 Å².